The summed E-state index contributed by atoms with van der Waals surface area (Å²) >= 11 is 0. The molecule has 2 aliphatic carbocycles. The van der Waals surface area contributed by atoms with Crippen LogP contribution >= 0.6 is 0 Å². The third kappa shape index (κ3) is 2.25. The van der Waals surface area contributed by atoms with E-state index in [-0.39, 0.29) is 23.2 Å². The molecule has 0 saturated heterocycles. The van der Waals surface area contributed by atoms with Crippen molar-refractivity contribution in [2.75, 3.05) is 0 Å². The molecule has 0 aromatic rings. The van der Waals surface area contributed by atoms with Crippen molar-refractivity contribution in [3.05, 3.63) is 23.8 Å². The number of hydrogen-bond donors (Lipinski definition) is 2. The Kier molecular flexibility index (Phi) is 3.39. The molecule has 4 atom stereocenters. The molecule has 4 heteroatoms. The molecular weight excluding hydrogens is 244 g/mol. The highest BCUT2D eigenvalue weighted by Gasteiger charge is 2.50. The lowest BCUT2D eigenvalue weighted by atomic mass is 9.56. The number of aliphatic carboxylic acids is 1. The summed E-state index contributed by atoms with van der Waals surface area (Å²) < 4.78 is 0. The standard InChI is InChI=1S/C15H20O4/c1-8-4-11(16)7-15(3)12(8)5-10(6-13(15)17)9(2)14(18)19/h4,10,12-13,17H,2,5-7H2,1,3H3,(H,18,19)/t10-,12-,13-,15-/m0/s1. The molecule has 0 aromatic carbocycles. The largest absolute Gasteiger partial charge is 0.478 e. The predicted molar refractivity (Wildman–Crippen MR) is 70.5 cm³/mol. The third-order valence-electron chi connectivity index (χ3n) is 4.85. The van der Waals surface area contributed by atoms with E-state index < -0.39 is 17.5 Å². The summed E-state index contributed by atoms with van der Waals surface area (Å²) in [6, 6.07) is 0. The van der Waals surface area contributed by atoms with Crippen LogP contribution in [0.2, 0.25) is 0 Å². The molecule has 1 fully saturated rings. The number of allylic oxidation sites excluding steroid dienone is 2. The zero-order valence-corrected chi connectivity index (χ0v) is 11.3. The minimum absolute atomic E-state index is 0.0470. The SMILES string of the molecule is C=C(C(=O)O)[C@@H]1C[C@H](O)[C@@]2(C)CC(=O)C=C(C)[C@@H]2C1. The third-order valence-corrected chi connectivity index (χ3v) is 4.85. The van der Waals surface area contributed by atoms with Crippen molar-refractivity contribution in [1.82, 2.24) is 0 Å². The second-order valence-corrected chi connectivity index (χ2v) is 6.10. The lowest BCUT2D eigenvalue weighted by molar-refractivity contribution is -0.135. The average molecular weight is 264 g/mol. The van der Waals surface area contributed by atoms with E-state index in [1.165, 1.54) is 0 Å². The number of rotatable bonds is 2. The van der Waals surface area contributed by atoms with Crippen LogP contribution in [0.25, 0.3) is 0 Å². The number of hydrogen-bond acceptors (Lipinski definition) is 3. The van der Waals surface area contributed by atoms with E-state index in [1.807, 2.05) is 13.8 Å². The zero-order chi connectivity index (χ0) is 14.4. The molecule has 0 spiro atoms. The van der Waals surface area contributed by atoms with Crippen molar-refractivity contribution in [3.8, 4) is 0 Å². The Balaban J connectivity index is 2.32. The van der Waals surface area contributed by atoms with Crippen LogP contribution in [0, 0.1) is 17.3 Å². The van der Waals surface area contributed by atoms with Gasteiger partial charge in [0.05, 0.1) is 6.10 Å². The van der Waals surface area contributed by atoms with Gasteiger partial charge in [-0.25, -0.2) is 4.79 Å². The highest BCUT2D eigenvalue weighted by Crippen LogP contribution is 2.52. The highest BCUT2D eigenvalue weighted by molar-refractivity contribution is 5.92. The van der Waals surface area contributed by atoms with Gasteiger partial charge in [-0.2, -0.15) is 0 Å². The van der Waals surface area contributed by atoms with E-state index in [9.17, 15) is 14.7 Å². The fraction of sp³-hybridized carbons (Fsp3) is 0.600. The quantitative estimate of drug-likeness (QED) is 0.747. The van der Waals surface area contributed by atoms with E-state index >= 15 is 0 Å². The van der Waals surface area contributed by atoms with E-state index in [0.717, 1.165) is 5.57 Å². The van der Waals surface area contributed by atoms with Gasteiger partial charge in [0.15, 0.2) is 5.78 Å². The Hall–Kier alpha value is -1.42. The fourth-order valence-corrected chi connectivity index (χ4v) is 3.61. The topological polar surface area (TPSA) is 74.6 Å². The molecule has 2 aliphatic rings. The average Bonchev–Trinajstić information content (AvgIpc) is 2.29. The highest BCUT2D eigenvalue weighted by atomic mass is 16.4. The summed E-state index contributed by atoms with van der Waals surface area (Å²) in [5, 5.41) is 19.4. The number of carbonyl (C=O) groups is 2. The van der Waals surface area contributed by atoms with Crippen LogP contribution in [0.15, 0.2) is 23.8 Å². The lowest BCUT2D eigenvalue weighted by Gasteiger charge is -2.50. The van der Waals surface area contributed by atoms with Gasteiger partial charge in [0.1, 0.15) is 0 Å². The molecule has 0 bridgehead atoms. The monoisotopic (exact) mass is 264 g/mol. The summed E-state index contributed by atoms with van der Waals surface area (Å²) in [7, 11) is 0. The first-order chi connectivity index (χ1) is 8.75. The summed E-state index contributed by atoms with van der Waals surface area (Å²) in [6.07, 6.45) is 2.32. The molecule has 104 valence electrons. The molecular formula is C15H20O4. The molecule has 2 rings (SSSR count). The molecule has 0 aliphatic heterocycles. The van der Waals surface area contributed by atoms with Crippen molar-refractivity contribution in [2.24, 2.45) is 17.3 Å². The van der Waals surface area contributed by atoms with Crippen LogP contribution < -0.4 is 0 Å². The first-order valence-corrected chi connectivity index (χ1v) is 6.57. The number of carboxylic acids is 1. The second-order valence-electron chi connectivity index (χ2n) is 6.10. The van der Waals surface area contributed by atoms with Gasteiger partial charge >= 0.3 is 5.97 Å². The van der Waals surface area contributed by atoms with Gasteiger partial charge in [0.25, 0.3) is 0 Å². The predicted octanol–water partition coefficient (Wildman–Crippen LogP) is 1.94. The van der Waals surface area contributed by atoms with Crippen molar-refractivity contribution < 1.29 is 19.8 Å². The van der Waals surface area contributed by atoms with Crippen LogP contribution in [-0.4, -0.2) is 28.1 Å². The van der Waals surface area contributed by atoms with Gasteiger partial charge in [0, 0.05) is 17.4 Å². The van der Waals surface area contributed by atoms with Crippen LogP contribution in [0.5, 0.6) is 0 Å². The van der Waals surface area contributed by atoms with Gasteiger partial charge in [-0.05, 0) is 37.7 Å². The first-order valence-electron chi connectivity index (χ1n) is 6.57. The molecule has 0 heterocycles. The van der Waals surface area contributed by atoms with Crippen LogP contribution in [0.1, 0.15) is 33.1 Å². The number of aliphatic hydroxyl groups excluding tert-OH is 1. The van der Waals surface area contributed by atoms with Crippen LogP contribution in [0.4, 0.5) is 0 Å². The normalized spacial score (nSPS) is 38.4. The van der Waals surface area contributed by atoms with E-state index in [1.54, 1.807) is 6.08 Å². The molecule has 19 heavy (non-hydrogen) atoms. The van der Waals surface area contributed by atoms with Gasteiger partial charge in [-0.1, -0.05) is 19.1 Å². The maximum absolute atomic E-state index is 11.7. The van der Waals surface area contributed by atoms with Gasteiger partial charge in [0.2, 0.25) is 0 Å². The maximum Gasteiger partial charge on any atom is 0.331 e. The van der Waals surface area contributed by atoms with E-state index in [4.69, 9.17) is 5.11 Å². The van der Waals surface area contributed by atoms with Gasteiger partial charge < -0.3 is 10.2 Å². The molecule has 0 aromatic heterocycles. The summed E-state index contributed by atoms with van der Waals surface area (Å²) in [5.41, 5.74) is 0.636. The fourth-order valence-electron chi connectivity index (χ4n) is 3.61. The van der Waals surface area contributed by atoms with Crippen molar-refractivity contribution in [3.63, 3.8) is 0 Å². The van der Waals surface area contributed by atoms with Gasteiger partial charge in [-0.3, -0.25) is 4.79 Å². The van der Waals surface area contributed by atoms with E-state index in [0.29, 0.717) is 19.3 Å². The summed E-state index contributed by atoms with van der Waals surface area (Å²) in [6.45, 7) is 7.43. The minimum atomic E-state index is -1.01. The number of ketones is 1. The van der Waals surface area contributed by atoms with Crippen LogP contribution in [0.3, 0.4) is 0 Å². The number of carbonyl (C=O) groups excluding carboxylic acids is 1. The van der Waals surface area contributed by atoms with Crippen molar-refractivity contribution in [1.29, 1.82) is 0 Å². The molecule has 0 radical (unpaired) electrons. The molecule has 4 nitrogen and oxygen atoms in total. The Morgan fingerprint density at radius 2 is 2.11 bits per heavy atom. The number of aliphatic hydroxyl groups is 1. The Bertz CT molecular complexity index is 477. The molecule has 0 amide bonds. The summed E-state index contributed by atoms with van der Waals surface area (Å²) in [4.78, 5) is 22.7. The first kappa shape index (κ1) is 14.0. The summed E-state index contributed by atoms with van der Waals surface area (Å²) in [5.74, 6) is -1.13. The maximum atomic E-state index is 11.7. The molecule has 2 N–H and O–H groups in total. The van der Waals surface area contributed by atoms with Gasteiger partial charge in [-0.15, -0.1) is 0 Å². The molecule has 0 unspecified atom stereocenters. The van der Waals surface area contributed by atoms with Crippen molar-refractivity contribution in [2.45, 2.75) is 39.2 Å². The van der Waals surface area contributed by atoms with E-state index in [2.05, 4.69) is 6.58 Å². The smallest absolute Gasteiger partial charge is 0.331 e. The lowest BCUT2D eigenvalue weighted by Crippen LogP contribution is -2.49. The number of carboxylic acid groups (broad SMARTS) is 1. The van der Waals surface area contributed by atoms with Crippen LogP contribution in [-0.2, 0) is 9.59 Å². The van der Waals surface area contributed by atoms with Crippen molar-refractivity contribution >= 4 is 11.8 Å². The minimum Gasteiger partial charge on any atom is -0.478 e. The second kappa shape index (κ2) is 4.60. The zero-order valence-electron chi connectivity index (χ0n) is 11.3. The molecule has 1 saturated carbocycles. The Morgan fingerprint density at radius 3 is 2.68 bits per heavy atom. The number of fused-ring (bicyclic) bond motifs is 1. The Morgan fingerprint density at radius 1 is 1.47 bits per heavy atom. The Labute approximate surface area is 112 Å².